The zero-order valence-corrected chi connectivity index (χ0v) is 9.71. The maximum Gasteiger partial charge on any atom is 0.306 e. The van der Waals surface area contributed by atoms with E-state index in [-0.39, 0.29) is 5.75 Å². The van der Waals surface area contributed by atoms with Crippen molar-refractivity contribution in [2.24, 2.45) is 0 Å². The molecule has 0 saturated carbocycles. The molecule has 0 radical (unpaired) electrons. The van der Waals surface area contributed by atoms with Crippen LogP contribution in [-0.4, -0.2) is 32.5 Å². The molecule has 17 heavy (non-hydrogen) atoms. The Morgan fingerprint density at radius 1 is 1.24 bits per heavy atom. The molecule has 94 valence electrons. The second kappa shape index (κ2) is 5.16. The third-order valence-corrected chi connectivity index (χ3v) is 2.60. The second-order valence-corrected chi connectivity index (χ2v) is 4.11. The minimum Gasteiger partial charge on any atom is -0.507 e. The molecule has 0 aliphatic carbocycles. The third kappa shape index (κ3) is 3.18. The molecule has 0 fully saturated rings. The van der Waals surface area contributed by atoms with Gasteiger partial charge in [0.2, 0.25) is 0 Å². The number of phenolic OH excluding ortho intramolecular Hbond substituents is 1. The van der Waals surface area contributed by atoms with Crippen LogP contribution in [0.1, 0.15) is 29.2 Å². The van der Waals surface area contributed by atoms with Gasteiger partial charge in [-0.3, -0.25) is 4.79 Å². The van der Waals surface area contributed by atoms with Gasteiger partial charge in [0, 0.05) is 0 Å². The first-order chi connectivity index (χ1) is 7.82. The molecule has 0 aromatic heterocycles. The van der Waals surface area contributed by atoms with Crippen LogP contribution in [0.2, 0.25) is 0 Å². The van der Waals surface area contributed by atoms with Gasteiger partial charge in [-0.15, -0.1) is 0 Å². The number of aliphatic hydroxyl groups excluding tert-OH is 2. The van der Waals surface area contributed by atoms with Gasteiger partial charge in [-0.2, -0.15) is 0 Å². The summed E-state index contributed by atoms with van der Waals surface area (Å²) in [6.07, 6.45) is -3.17. The monoisotopic (exact) mass is 240 g/mol. The predicted octanol–water partition coefficient (Wildman–Crippen LogP) is 0.878. The smallest absolute Gasteiger partial charge is 0.306 e. The van der Waals surface area contributed by atoms with Crippen LogP contribution in [0.3, 0.4) is 0 Å². The lowest BCUT2D eigenvalue weighted by molar-refractivity contribution is -0.141. The normalized spacial score (nSPS) is 14.4. The van der Waals surface area contributed by atoms with E-state index in [1.807, 2.05) is 0 Å². The first-order valence-corrected chi connectivity index (χ1v) is 5.21. The molecule has 0 bridgehead atoms. The molecule has 1 aromatic carbocycles. The van der Waals surface area contributed by atoms with Crippen LogP contribution in [0.5, 0.6) is 5.75 Å². The van der Waals surface area contributed by atoms with Crippen LogP contribution in [0.15, 0.2) is 12.1 Å². The van der Waals surface area contributed by atoms with E-state index in [2.05, 4.69) is 0 Å². The Balaban J connectivity index is 2.96. The summed E-state index contributed by atoms with van der Waals surface area (Å²) >= 11 is 0. The van der Waals surface area contributed by atoms with Crippen molar-refractivity contribution in [3.8, 4) is 5.75 Å². The number of benzene rings is 1. The lowest BCUT2D eigenvalue weighted by Crippen LogP contribution is -2.21. The number of aryl methyl sites for hydroxylation is 2. The zero-order chi connectivity index (χ0) is 13.2. The van der Waals surface area contributed by atoms with Crippen LogP contribution >= 0.6 is 0 Å². The van der Waals surface area contributed by atoms with Gasteiger partial charge < -0.3 is 20.4 Å². The second-order valence-electron chi connectivity index (χ2n) is 4.11. The average molecular weight is 240 g/mol. The van der Waals surface area contributed by atoms with Crippen molar-refractivity contribution in [1.82, 2.24) is 0 Å². The topological polar surface area (TPSA) is 98.0 Å². The van der Waals surface area contributed by atoms with Crippen LogP contribution < -0.4 is 0 Å². The van der Waals surface area contributed by atoms with Crippen LogP contribution in [-0.2, 0) is 4.79 Å². The number of carboxylic acid groups (broad SMARTS) is 1. The number of aliphatic hydroxyl groups is 2. The largest absolute Gasteiger partial charge is 0.507 e. The van der Waals surface area contributed by atoms with E-state index in [1.165, 1.54) is 12.1 Å². The molecule has 1 rings (SSSR count). The van der Waals surface area contributed by atoms with Crippen molar-refractivity contribution < 1.29 is 25.2 Å². The van der Waals surface area contributed by atoms with Crippen molar-refractivity contribution in [2.45, 2.75) is 32.5 Å². The highest BCUT2D eigenvalue weighted by Gasteiger charge is 2.22. The van der Waals surface area contributed by atoms with Gasteiger partial charge in [-0.05, 0) is 42.7 Å². The van der Waals surface area contributed by atoms with Gasteiger partial charge in [0.1, 0.15) is 11.9 Å². The molecule has 2 atom stereocenters. The van der Waals surface area contributed by atoms with Crippen LogP contribution in [0.25, 0.3) is 0 Å². The predicted molar refractivity (Wildman–Crippen MR) is 60.8 cm³/mol. The number of phenols is 1. The maximum atomic E-state index is 10.4. The Morgan fingerprint density at radius 3 is 2.12 bits per heavy atom. The fraction of sp³-hybridized carbons (Fsp3) is 0.417. The number of hydrogen-bond donors (Lipinski definition) is 4. The van der Waals surface area contributed by atoms with E-state index in [4.69, 9.17) is 5.11 Å². The number of hydrogen-bond acceptors (Lipinski definition) is 4. The van der Waals surface area contributed by atoms with Gasteiger partial charge in [-0.1, -0.05) is 0 Å². The molecule has 0 spiro atoms. The van der Waals surface area contributed by atoms with Gasteiger partial charge >= 0.3 is 5.97 Å². The summed E-state index contributed by atoms with van der Waals surface area (Å²) in [4.78, 5) is 10.4. The summed E-state index contributed by atoms with van der Waals surface area (Å²) in [7, 11) is 0. The van der Waals surface area contributed by atoms with Crippen molar-refractivity contribution in [2.75, 3.05) is 0 Å². The van der Waals surface area contributed by atoms with Gasteiger partial charge in [0.25, 0.3) is 0 Å². The molecule has 5 nitrogen and oxygen atoms in total. The zero-order valence-electron chi connectivity index (χ0n) is 9.71. The summed E-state index contributed by atoms with van der Waals surface area (Å²) in [6, 6.07) is 3.05. The number of aliphatic carboxylic acids is 1. The Hall–Kier alpha value is -1.59. The molecule has 0 aliphatic heterocycles. The van der Waals surface area contributed by atoms with Crippen molar-refractivity contribution >= 4 is 5.97 Å². The fourth-order valence-corrected chi connectivity index (χ4v) is 1.67. The van der Waals surface area contributed by atoms with E-state index in [0.717, 1.165) is 0 Å². The van der Waals surface area contributed by atoms with E-state index >= 15 is 0 Å². The van der Waals surface area contributed by atoms with E-state index in [0.29, 0.717) is 16.7 Å². The SMILES string of the molecule is Cc1cc(C(O)C(O)CC(=O)O)cc(C)c1O. The number of carboxylic acids is 1. The highest BCUT2D eigenvalue weighted by atomic mass is 16.4. The lowest BCUT2D eigenvalue weighted by atomic mass is 9.97. The average Bonchev–Trinajstić information content (AvgIpc) is 2.23. The Bertz CT molecular complexity index is 404. The quantitative estimate of drug-likeness (QED) is 0.626. The molecule has 4 N–H and O–H groups in total. The van der Waals surface area contributed by atoms with Crippen molar-refractivity contribution in [1.29, 1.82) is 0 Å². The first kappa shape index (κ1) is 13.5. The Labute approximate surface area is 99.0 Å². The van der Waals surface area contributed by atoms with E-state index in [1.54, 1.807) is 13.8 Å². The molecule has 1 aromatic rings. The van der Waals surface area contributed by atoms with E-state index in [9.17, 15) is 20.1 Å². The molecule has 5 heteroatoms. The molecular weight excluding hydrogens is 224 g/mol. The molecule has 0 heterocycles. The molecule has 2 unspecified atom stereocenters. The standard InChI is InChI=1S/C12H16O5/c1-6-3-8(4-7(2)11(6)16)12(17)9(13)5-10(14)15/h3-4,9,12-13,16-17H,5H2,1-2H3,(H,14,15). The summed E-state index contributed by atoms with van der Waals surface area (Å²) in [6.45, 7) is 3.34. The molecular formula is C12H16O5. The summed E-state index contributed by atoms with van der Waals surface area (Å²) < 4.78 is 0. The van der Waals surface area contributed by atoms with E-state index < -0.39 is 24.6 Å². The molecule has 0 amide bonds. The highest BCUT2D eigenvalue weighted by molar-refractivity contribution is 5.67. The number of carbonyl (C=O) groups is 1. The minimum absolute atomic E-state index is 0.133. The van der Waals surface area contributed by atoms with Crippen molar-refractivity contribution in [3.63, 3.8) is 0 Å². The summed E-state index contributed by atoms with van der Waals surface area (Å²) in [5.41, 5.74) is 1.54. The summed E-state index contributed by atoms with van der Waals surface area (Å²) in [5.74, 6) is -1.04. The number of aromatic hydroxyl groups is 1. The minimum atomic E-state index is -1.36. The fourth-order valence-electron chi connectivity index (χ4n) is 1.67. The maximum absolute atomic E-state index is 10.4. The van der Waals surface area contributed by atoms with Gasteiger partial charge in [0.15, 0.2) is 0 Å². The van der Waals surface area contributed by atoms with Crippen molar-refractivity contribution in [3.05, 3.63) is 28.8 Å². The molecule has 0 saturated heterocycles. The Morgan fingerprint density at radius 2 is 1.71 bits per heavy atom. The summed E-state index contributed by atoms with van der Waals surface area (Å²) in [5, 5.41) is 37.4. The van der Waals surface area contributed by atoms with Crippen LogP contribution in [0.4, 0.5) is 0 Å². The Kier molecular flexibility index (Phi) is 4.09. The molecule has 0 aliphatic rings. The van der Waals surface area contributed by atoms with Crippen LogP contribution in [0, 0.1) is 13.8 Å². The van der Waals surface area contributed by atoms with Gasteiger partial charge in [-0.25, -0.2) is 0 Å². The first-order valence-electron chi connectivity index (χ1n) is 5.21. The highest BCUT2D eigenvalue weighted by Crippen LogP contribution is 2.28. The lowest BCUT2D eigenvalue weighted by Gasteiger charge is -2.18. The third-order valence-electron chi connectivity index (χ3n) is 2.60. The number of rotatable bonds is 4. The van der Waals surface area contributed by atoms with Gasteiger partial charge in [0.05, 0.1) is 12.5 Å².